The number of carbonyl (C=O) groups is 1. The highest BCUT2D eigenvalue weighted by Crippen LogP contribution is 2.20. The summed E-state index contributed by atoms with van der Waals surface area (Å²) < 4.78 is 18.2. The minimum absolute atomic E-state index is 0.0206. The monoisotopic (exact) mass is 224 g/mol. The average Bonchev–Trinajstić information content (AvgIpc) is 2.25. The first-order valence-electron chi connectivity index (χ1n) is 5.41. The fraction of sp³-hybridized carbons (Fsp3) is 0.462. The minimum Gasteiger partial charge on any atom is -0.494 e. The third-order valence-electron chi connectivity index (χ3n) is 2.77. The summed E-state index contributed by atoms with van der Waals surface area (Å²) in [6.45, 7) is 3.54. The Morgan fingerprint density at radius 1 is 1.50 bits per heavy atom. The highest BCUT2D eigenvalue weighted by Gasteiger charge is 2.13. The van der Waals surface area contributed by atoms with E-state index in [4.69, 9.17) is 4.74 Å². The van der Waals surface area contributed by atoms with Crippen LogP contribution in [0.3, 0.4) is 0 Å². The zero-order chi connectivity index (χ0) is 12.1. The van der Waals surface area contributed by atoms with Crippen molar-refractivity contribution in [1.29, 1.82) is 0 Å². The number of methoxy groups -OCH3 is 1. The van der Waals surface area contributed by atoms with E-state index in [1.54, 1.807) is 19.1 Å². The smallest absolute Gasteiger partial charge is 0.165 e. The van der Waals surface area contributed by atoms with E-state index in [0.717, 1.165) is 12.0 Å². The maximum absolute atomic E-state index is 13.4. The summed E-state index contributed by atoms with van der Waals surface area (Å²) in [6.07, 6.45) is 1.37. The van der Waals surface area contributed by atoms with Gasteiger partial charge in [0.1, 0.15) is 5.78 Å². The summed E-state index contributed by atoms with van der Waals surface area (Å²) >= 11 is 0. The van der Waals surface area contributed by atoms with Gasteiger partial charge >= 0.3 is 0 Å². The second kappa shape index (κ2) is 5.64. The van der Waals surface area contributed by atoms with Crippen LogP contribution in [-0.4, -0.2) is 12.9 Å². The van der Waals surface area contributed by atoms with Crippen LogP contribution in [0, 0.1) is 11.7 Å². The molecule has 0 aliphatic heterocycles. The number of ether oxygens (including phenoxy) is 1. The summed E-state index contributed by atoms with van der Waals surface area (Å²) in [5.41, 5.74) is 0.834. The summed E-state index contributed by atoms with van der Waals surface area (Å²) in [5, 5.41) is 0. The zero-order valence-corrected chi connectivity index (χ0v) is 9.92. The van der Waals surface area contributed by atoms with E-state index in [0.29, 0.717) is 6.42 Å². The SMILES string of the molecule is CCC(Cc1ccc(OC)c(F)c1)C(C)=O. The Morgan fingerprint density at radius 3 is 2.62 bits per heavy atom. The molecule has 0 aliphatic rings. The molecule has 0 amide bonds. The van der Waals surface area contributed by atoms with Crippen LogP contribution in [0.5, 0.6) is 5.75 Å². The summed E-state index contributed by atoms with van der Waals surface area (Å²) in [7, 11) is 1.43. The van der Waals surface area contributed by atoms with Crippen LogP contribution in [-0.2, 0) is 11.2 Å². The summed E-state index contributed by atoms with van der Waals surface area (Å²) in [6, 6.07) is 4.83. The van der Waals surface area contributed by atoms with Crippen molar-refractivity contribution in [1.82, 2.24) is 0 Å². The molecule has 16 heavy (non-hydrogen) atoms. The van der Waals surface area contributed by atoms with Crippen molar-refractivity contribution >= 4 is 5.78 Å². The van der Waals surface area contributed by atoms with E-state index < -0.39 is 0 Å². The fourth-order valence-electron chi connectivity index (χ4n) is 1.70. The normalized spacial score (nSPS) is 12.2. The lowest BCUT2D eigenvalue weighted by atomic mass is 9.93. The molecule has 0 bridgehead atoms. The maximum Gasteiger partial charge on any atom is 0.165 e. The number of carbonyl (C=O) groups excluding carboxylic acids is 1. The second-order valence-corrected chi connectivity index (χ2v) is 3.89. The van der Waals surface area contributed by atoms with Gasteiger partial charge in [0.25, 0.3) is 0 Å². The van der Waals surface area contributed by atoms with Crippen LogP contribution in [0.2, 0.25) is 0 Å². The Kier molecular flexibility index (Phi) is 4.47. The van der Waals surface area contributed by atoms with Gasteiger partial charge in [0.05, 0.1) is 7.11 Å². The maximum atomic E-state index is 13.4. The van der Waals surface area contributed by atoms with Crippen molar-refractivity contribution in [2.45, 2.75) is 26.7 Å². The van der Waals surface area contributed by atoms with E-state index in [2.05, 4.69) is 0 Å². The van der Waals surface area contributed by atoms with Gasteiger partial charge < -0.3 is 4.74 Å². The third-order valence-corrected chi connectivity index (χ3v) is 2.77. The van der Waals surface area contributed by atoms with Gasteiger partial charge in [-0.15, -0.1) is 0 Å². The average molecular weight is 224 g/mol. The van der Waals surface area contributed by atoms with Crippen LogP contribution in [0.15, 0.2) is 18.2 Å². The van der Waals surface area contributed by atoms with E-state index >= 15 is 0 Å². The van der Waals surface area contributed by atoms with Gasteiger partial charge in [-0.25, -0.2) is 4.39 Å². The van der Waals surface area contributed by atoms with Gasteiger partial charge in [0.15, 0.2) is 11.6 Å². The molecule has 88 valence electrons. The number of halogens is 1. The van der Waals surface area contributed by atoms with E-state index in [1.807, 2.05) is 6.92 Å². The lowest BCUT2D eigenvalue weighted by Crippen LogP contribution is -2.12. The van der Waals surface area contributed by atoms with Crippen LogP contribution in [0.4, 0.5) is 4.39 Å². The van der Waals surface area contributed by atoms with E-state index in [-0.39, 0.29) is 23.3 Å². The van der Waals surface area contributed by atoms with Crippen molar-refractivity contribution in [3.05, 3.63) is 29.6 Å². The molecule has 2 nitrogen and oxygen atoms in total. The molecule has 0 fully saturated rings. The summed E-state index contributed by atoms with van der Waals surface area (Å²) in [4.78, 5) is 11.3. The number of rotatable bonds is 5. The van der Waals surface area contributed by atoms with Crippen LogP contribution < -0.4 is 4.74 Å². The minimum atomic E-state index is -0.376. The molecule has 0 saturated heterocycles. The van der Waals surface area contributed by atoms with Crippen molar-refractivity contribution in [2.24, 2.45) is 5.92 Å². The van der Waals surface area contributed by atoms with E-state index in [9.17, 15) is 9.18 Å². The number of Topliss-reactive ketones (excluding diaryl/α,β-unsaturated/α-hetero) is 1. The Morgan fingerprint density at radius 2 is 2.19 bits per heavy atom. The van der Waals surface area contributed by atoms with Gasteiger partial charge in [0, 0.05) is 5.92 Å². The predicted molar refractivity (Wildman–Crippen MR) is 61.1 cm³/mol. The summed E-state index contributed by atoms with van der Waals surface area (Å²) in [5.74, 6) is -0.00968. The Bertz CT molecular complexity index is 374. The quantitative estimate of drug-likeness (QED) is 0.768. The molecule has 0 spiro atoms. The lowest BCUT2D eigenvalue weighted by molar-refractivity contribution is -0.120. The zero-order valence-electron chi connectivity index (χ0n) is 9.92. The topological polar surface area (TPSA) is 26.3 Å². The highest BCUT2D eigenvalue weighted by atomic mass is 19.1. The molecule has 1 aromatic rings. The number of benzene rings is 1. The molecule has 1 aromatic carbocycles. The van der Waals surface area contributed by atoms with Crippen LogP contribution in [0.1, 0.15) is 25.8 Å². The molecular weight excluding hydrogens is 207 g/mol. The van der Waals surface area contributed by atoms with Crippen LogP contribution >= 0.6 is 0 Å². The Hall–Kier alpha value is -1.38. The molecule has 0 radical (unpaired) electrons. The largest absolute Gasteiger partial charge is 0.494 e. The molecule has 1 atom stereocenters. The standard InChI is InChI=1S/C13H17FO2/c1-4-11(9(2)15)7-10-5-6-13(16-3)12(14)8-10/h5-6,8,11H,4,7H2,1-3H3. The molecular formula is C13H17FO2. The Balaban J connectivity index is 2.81. The molecule has 0 N–H and O–H groups in total. The first kappa shape index (κ1) is 12.7. The fourth-order valence-corrected chi connectivity index (χ4v) is 1.70. The molecule has 1 rings (SSSR count). The van der Waals surface area contributed by atoms with Crippen molar-refractivity contribution < 1.29 is 13.9 Å². The molecule has 0 saturated carbocycles. The lowest BCUT2D eigenvalue weighted by Gasteiger charge is -2.11. The predicted octanol–water partition coefficient (Wildman–Crippen LogP) is 2.99. The molecule has 0 aromatic heterocycles. The Labute approximate surface area is 95.4 Å². The second-order valence-electron chi connectivity index (χ2n) is 3.89. The molecule has 3 heteroatoms. The number of hydrogen-bond donors (Lipinski definition) is 0. The van der Waals surface area contributed by atoms with Crippen molar-refractivity contribution in [3.8, 4) is 5.75 Å². The number of ketones is 1. The molecule has 1 unspecified atom stereocenters. The number of hydrogen-bond acceptors (Lipinski definition) is 2. The first-order valence-corrected chi connectivity index (χ1v) is 5.41. The van der Waals surface area contributed by atoms with Gasteiger partial charge in [-0.2, -0.15) is 0 Å². The molecule has 0 aliphatic carbocycles. The van der Waals surface area contributed by atoms with Gasteiger partial charge in [-0.05, 0) is 37.5 Å². The van der Waals surface area contributed by atoms with E-state index in [1.165, 1.54) is 13.2 Å². The van der Waals surface area contributed by atoms with Crippen LogP contribution in [0.25, 0.3) is 0 Å². The van der Waals surface area contributed by atoms with Gasteiger partial charge in [0.2, 0.25) is 0 Å². The third kappa shape index (κ3) is 3.05. The highest BCUT2D eigenvalue weighted by molar-refractivity contribution is 5.78. The van der Waals surface area contributed by atoms with Gasteiger partial charge in [-0.1, -0.05) is 13.0 Å². The van der Waals surface area contributed by atoms with Crippen molar-refractivity contribution in [3.63, 3.8) is 0 Å². The van der Waals surface area contributed by atoms with Crippen molar-refractivity contribution in [2.75, 3.05) is 7.11 Å². The van der Waals surface area contributed by atoms with Gasteiger partial charge in [-0.3, -0.25) is 4.79 Å². The molecule has 0 heterocycles. The first-order chi connectivity index (χ1) is 7.58.